The van der Waals surface area contributed by atoms with Crippen LogP contribution in [-0.2, 0) is 11.2 Å². The molecule has 94 valence electrons. The van der Waals surface area contributed by atoms with E-state index in [2.05, 4.69) is 16.7 Å². The minimum absolute atomic E-state index is 0.383. The Balaban J connectivity index is 2.71. The van der Waals surface area contributed by atoms with Crippen LogP contribution in [0.15, 0.2) is 18.9 Å². The summed E-state index contributed by atoms with van der Waals surface area (Å²) >= 11 is 0. The second kappa shape index (κ2) is 4.60. The number of fused-ring (bicyclic) bond motifs is 1. The molecule has 0 aliphatic heterocycles. The van der Waals surface area contributed by atoms with Gasteiger partial charge in [-0.2, -0.15) is 5.10 Å². The van der Waals surface area contributed by atoms with Crippen molar-refractivity contribution in [2.45, 2.75) is 20.3 Å². The maximum Gasteiger partial charge on any atom is 0.343 e. The summed E-state index contributed by atoms with van der Waals surface area (Å²) in [5, 5.41) is 4.19. The van der Waals surface area contributed by atoms with Gasteiger partial charge < -0.3 is 4.74 Å². The van der Waals surface area contributed by atoms with Crippen LogP contribution in [0.2, 0.25) is 0 Å². The molecule has 0 aliphatic carbocycles. The van der Waals surface area contributed by atoms with Crippen LogP contribution in [-0.4, -0.2) is 27.7 Å². The van der Waals surface area contributed by atoms with E-state index in [0.29, 0.717) is 11.2 Å². The van der Waals surface area contributed by atoms with Crippen LogP contribution in [0.3, 0.4) is 0 Å². The van der Waals surface area contributed by atoms with Gasteiger partial charge in [0.15, 0.2) is 5.65 Å². The number of esters is 1. The van der Waals surface area contributed by atoms with Crippen molar-refractivity contribution in [2.24, 2.45) is 0 Å². The molecule has 0 atom stereocenters. The Labute approximate surface area is 105 Å². The molecule has 0 bridgehead atoms. The van der Waals surface area contributed by atoms with Crippen LogP contribution in [0.4, 0.5) is 0 Å². The molecular formula is C13H15N3O2. The molecule has 2 aromatic heterocycles. The van der Waals surface area contributed by atoms with E-state index >= 15 is 0 Å². The summed E-state index contributed by atoms with van der Waals surface area (Å²) in [4.78, 5) is 16.0. The number of allylic oxidation sites excluding steroid dienone is 1. The minimum Gasteiger partial charge on any atom is -0.465 e. The van der Waals surface area contributed by atoms with Crippen molar-refractivity contribution in [3.63, 3.8) is 0 Å². The monoisotopic (exact) mass is 245 g/mol. The van der Waals surface area contributed by atoms with Gasteiger partial charge in [-0.15, -0.1) is 6.58 Å². The number of hydrogen-bond acceptors (Lipinski definition) is 4. The van der Waals surface area contributed by atoms with Gasteiger partial charge in [0.25, 0.3) is 0 Å². The molecule has 5 heteroatoms. The van der Waals surface area contributed by atoms with Crippen LogP contribution in [0.25, 0.3) is 5.65 Å². The second-order valence-corrected chi connectivity index (χ2v) is 4.04. The molecule has 0 unspecified atom stereocenters. The maximum atomic E-state index is 11.6. The first-order valence-electron chi connectivity index (χ1n) is 5.63. The summed E-state index contributed by atoms with van der Waals surface area (Å²) in [6.45, 7) is 7.60. The van der Waals surface area contributed by atoms with Gasteiger partial charge in [0.05, 0.1) is 13.3 Å². The average molecular weight is 245 g/mol. The number of hydrogen-bond donors (Lipinski definition) is 0. The van der Waals surface area contributed by atoms with Gasteiger partial charge in [-0.3, -0.25) is 0 Å². The Kier molecular flexibility index (Phi) is 3.14. The van der Waals surface area contributed by atoms with Crippen molar-refractivity contribution in [1.29, 1.82) is 0 Å². The van der Waals surface area contributed by atoms with Crippen LogP contribution in [0, 0.1) is 13.8 Å². The van der Waals surface area contributed by atoms with Gasteiger partial charge in [0.2, 0.25) is 0 Å². The molecule has 0 aromatic carbocycles. The number of nitrogens with zero attached hydrogens (tertiary/aromatic N) is 3. The van der Waals surface area contributed by atoms with Gasteiger partial charge in [-0.1, -0.05) is 6.08 Å². The minimum atomic E-state index is -0.423. The molecule has 0 aliphatic rings. The molecule has 2 aromatic rings. The number of carbonyl (C=O) groups is 1. The Morgan fingerprint density at radius 1 is 1.56 bits per heavy atom. The van der Waals surface area contributed by atoms with E-state index in [1.165, 1.54) is 13.3 Å². The predicted molar refractivity (Wildman–Crippen MR) is 67.7 cm³/mol. The second-order valence-electron chi connectivity index (χ2n) is 4.04. The van der Waals surface area contributed by atoms with E-state index in [1.807, 2.05) is 19.9 Å². The Morgan fingerprint density at radius 2 is 2.28 bits per heavy atom. The van der Waals surface area contributed by atoms with Crippen molar-refractivity contribution >= 4 is 11.6 Å². The molecule has 0 fully saturated rings. The van der Waals surface area contributed by atoms with E-state index in [4.69, 9.17) is 4.74 Å². The Bertz CT molecular complexity index is 629. The highest BCUT2D eigenvalue weighted by Crippen LogP contribution is 2.18. The lowest BCUT2D eigenvalue weighted by atomic mass is 10.1. The molecule has 2 heterocycles. The Hall–Kier alpha value is -2.17. The molecule has 0 spiro atoms. The number of aromatic nitrogens is 3. The first-order chi connectivity index (χ1) is 8.60. The Morgan fingerprint density at radius 3 is 2.89 bits per heavy atom. The fraction of sp³-hybridized carbons (Fsp3) is 0.308. The fourth-order valence-corrected chi connectivity index (χ4v) is 2.00. The normalized spacial score (nSPS) is 10.6. The van der Waals surface area contributed by atoms with Crippen molar-refractivity contribution in [1.82, 2.24) is 14.6 Å². The van der Waals surface area contributed by atoms with Crippen LogP contribution in [0.5, 0.6) is 0 Å². The highest BCUT2D eigenvalue weighted by molar-refractivity contribution is 5.95. The summed E-state index contributed by atoms with van der Waals surface area (Å²) in [7, 11) is 1.34. The molecule has 0 saturated heterocycles. The zero-order valence-electron chi connectivity index (χ0n) is 10.7. The SMILES string of the molecule is C=CCc1c(C)nc2c(C(=O)OC)cnn2c1C. The van der Waals surface area contributed by atoms with Crippen LogP contribution in [0.1, 0.15) is 27.3 Å². The number of aryl methyl sites for hydroxylation is 2. The summed E-state index contributed by atoms with van der Waals surface area (Å²) in [5.41, 5.74) is 3.84. The molecular weight excluding hydrogens is 230 g/mol. The summed E-state index contributed by atoms with van der Waals surface area (Å²) in [6, 6.07) is 0. The first kappa shape index (κ1) is 12.3. The smallest absolute Gasteiger partial charge is 0.343 e. The number of methoxy groups -OCH3 is 1. The number of carbonyl (C=O) groups excluding carboxylic acids is 1. The first-order valence-corrected chi connectivity index (χ1v) is 5.63. The third kappa shape index (κ3) is 1.77. The number of ether oxygens (including phenoxy) is 1. The van der Waals surface area contributed by atoms with Crippen molar-refractivity contribution < 1.29 is 9.53 Å². The van der Waals surface area contributed by atoms with E-state index in [-0.39, 0.29) is 0 Å². The zero-order valence-corrected chi connectivity index (χ0v) is 10.7. The van der Waals surface area contributed by atoms with E-state index in [0.717, 1.165) is 23.4 Å². The standard InChI is InChI=1S/C13H15N3O2/c1-5-6-10-8(2)15-12-11(13(17)18-4)7-14-16(12)9(10)3/h5,7H,1,6H2,2-4H3. The number of rotatable bonds is 3. The van der Waals surface area contributed by atoms with E-state index < -0.39 is 5.97 Å². The van der Waals surface area contributed by atoms with E-state index in [9.17, 15) is 4.79 Å². The lowest BCUT2D eigenvalue weighted by Gasteiger charge is -2.09. The molecule has 18 heavy (non-hydrogen) atoms. The molecule has 5 nitrogen and oxygen atoms in total. The third-order valence-corrected chi connectivity index (χ3v) is 2.96. The highest BCUT2D eigenvalue weighted by atomic mass is 16.5. The third-order valence-electron chi connectivity index (χ3n) is 2.96. The van der Waals surface area contributed by atoms with Crippen molar-refractivity contribution in [3.05, 3.63) is 41.4 Å². The van der Waals surface area contributed by atoms with Crippen molar-refractivity contribution in [3.8, 4) is 0 Å². The summed E-state index contributed by atoms with van der Waals surface area (Å²) < 4.78 is 6.38. The predicted octanol–water partition coefficient (Wildman–Crippen LogP) is 1.86. The average Bonchev–Trinajstić information content (AvgIpc) is 2.77. The quantitative estimate of drug-likeness (QED) is 0.611. The fourth-order valence-electron chi connectivity index (χ4n) is 2.00. The zero-order chi connectivity index (χ0) is 13.3. The lowest BCUT2D eigenvalue weighted by molar-refractivity contribution is 0.0602. The summed E-state index contributed by atoms with van der Waals surface area (Å²) in [6.07, 6.45) is 4.04. The van der Waals surface area contributed by atoms with Crippen LogP contribution >= 0.6 is 0 Å². The molecule has 0 N–H and O–H groups in total. The largest absolute Gasteiger partial charge is 0.465 e. The summed E-state index contributed by atoms with van der Waals surface area (Å²) in [5.74, 6) is -0.423. The van der Waals surface area contributed by atoms with Gasteiger partial charge >= 0.3 is 5.97 Å². The molecule has 0 amide bonds. The molecule has 2 rings (SSSR count). The lowest BCUT2D eigenvalue weighted by Crippen LogP contribution is -2.07. The van der Waals surface area contributed by atoms with E-state index in [1.54, 1.807) is 4.52 Å². The van der Waals surface area contributed by atoms with Crippen molar-refractivity contribution in [2.75, 3.05) is 7.11 Å². The topological polar surface area (TPSA) is 56.5 Å². The van der Waals surface area contributed by atoms with Gasteiger partial charge in [-0.05, 0) is 25.8 Å². The van der Waals surface area contributed by atoms with Gasteiger partial charge in [0, 0.05) is 11.4 Å². The maximum absolute atomic E-state index is 11.6. The molecule has 0 radical (unpaired) electrons. The molecule has 0 saturated carbocycles. The van der Waals surface area contributed by atoms with Gasteiger partial charge in [-0.25, -0.2) is 14.3 Å². The van der Waals surface area contributed by atoms with Crippen LogP contribution < -0.4 is 0 Å². The highest BCUT2D eigenvalue weighted by Gasteiger charge is 2.17. The van der Waals surface area contributed by atoms with Gasteiger partial charge in [0.1, 0.15) is 5.56 Å².